The van der Waals surface area contributed by atoms with Crippen molar-refractivity contribution >= 4 is 5.95 Å². The second-order valence-electron chi connectivity index (χ2n) is 15.2. The van der Waals surface area contributed by atoms with E-state index in [1.165, 1.54) is 0 Å². The second-order valence-corrected chi connectivity index (χ2v) is 15.2. The minimum atomic E-state index is -0.266. The molecule has 3 rings (SSSR count). The quantitative estimate of drug-likeness (QED) is 0.163. The maximum atomic E-state index is 6.64. The molecule has 2 fully saturated rings. The molecular weight excluding hydrogens is 568 g/mol. The lowest BCUT2D eigenvalue weighted by atomic mass is 9.80. The van der Waals surface area contributed by atoms with Crippen molar-refractivity contribution in [2.75, 3.05) is 31.2 Å². The molecule has 1 aromatic rings. The van der Waals surface area contributed by atoms with Crippen molar-refractivity contribution in [1.82, 2.24) is 25.1 Å². The molecule has 10 nitrogen and oxygen atoms in total. The Kier molecular flexibility index (Phi) is 12.8. The Labute approximate surface area is 273 Å². The average molecular weight is 631 g/mol. The molecule has 0 unspecified atom stereocenters. The van der Waals surface area contributed by atoms with Gasteiger partial charge in [0.15, 0.2) is 0 Å². The summed E-state index contributed by atoms with van der Waals surface area (Å²) in [5.74, 6) is 0.618. The number of anilines is 1. The standard InChI is InChI=1S/C35H62N6O4/c1-13-17-19-39(20-18-14-2)29-36-30(44-27-23-32(5,6)40(42-21-15-3)33(7,8)24-27)38-31(37-29)45-28-25-34(9,10)41(43-22-16-4)35(11,12)26-28/h15-16,27-28H,3-4,13-14,17-26H2,1-2,5-12H3. The van der Waals surface area contributed by atoms with E-state index >= 15 is 0 Å². The van der Waals surface area contributed by atoms with Gasteiger partial charge >= 0.3 is 12.0 Å². The Morgan fingerprint density at radius 1 is 0.667 bits per heavy atom. The molecule has 0 atom stereocenters. The van der Waals surface area contributed by atoms with Crippen LogP contribution in [-0.4, -0.2) is 85.7 Å². The predicted octanol–water partition coefficient (Wildman–Crippen LogP) is 7.31. The lowest BCUT2D eigenvalue weighted by Gasteiger charge is -2.53. The van der Waals surface area contributed by atoms with Crippen LogP contribution in [0.3, 0.4) is 0 Å². The molecule has 1 aromatic heterocycles. The van der Waals surface area contributed by atoms with Gasteiger partial charge in [-0.15, -0.1) is 18.1 Å². The zero-order chi connectivity index (χ0) is 33.5. The zero-order valence-corrected chi connectivity index (χ0v) is 30.0. The van der Waals surface area contributed by atoms with E-state index in [0.29, 0.717) is 31.2 Å². The van der Waals surface area contributed by atoms with Gasteiger partial charge in [0.05, 0.1) is 13.2 Å². The van der Waals surface area contributed by atoms with Gasteiger partial charge in [-0.1, -0.05) is 38.8 Å². The highest BCUT2D eigenvalue weighted by Gasteiger charge is 2.49. The van der Waals surface area contributed by atoms with Gasteiger partial charge in [0.25, 0.3) is 0 Å². The Morgan fingerprint density at radius 2 is 1.02 bits per heavy atom. The van der Waals surface area contributed by atoms with Gasteiger partial charge in [-0.05, 0) is 68.2 Å². The average Bonchev–Trinajstić information content (AvgIpc) is 2.90. The van der Waals surface area contributed by atoms with Crippen LogP contribution in [0.2, 0.25) is 0 Å². The number of hydroxylamine groups is 4. The Bertz CT molecular complexity index is 991. The number of nitrogens with zero attached hydrogens (tertiary/aromatic N) is 6. The van der Waals surface area contributed by atoms with E-state index < -0.39 is 0 Å². The monoisotopic (exact) mass is 630 g/mol. The van der Waals surface area contributed by atoms with Crippen LogP contribution < -0.4 is 14.4 Å². The second kappa shape index (κ2) is 15.5. The van der Waals surface area contributed by atoms with Crippen LogP contribution in [0.15, 0.2) is 25.3 Å². The summed E-state index contributed by atoms with van der Waals surface area (Å²) in [7, 11) is 0. The number of hydrogen-bond donors (Lipinski definition) is 0. The lowest BCUT2D eigenvalue weighted by Crippen LogP contribution is -2.62. The molecule has 2 saturated heterocycles. The number of hydrogen-bond acceptors (Lipinski definition) is 10. The maximum absolute atomic E-state index is 6.64. The first-order valence-electron chi connectivity index (χ1n) is 17.0. The summed E-state index contributed by atoms with van der Waals surface area (Å²) in [5.41, 5.74) is -1.06. The van der Waals surface area contributed by atoms with E-state index in [0.717, 1.165) is 64.5 Å². The first-order chi connectivity index (χ1) is 21.1. The molecule has 3 heterocycles. The Balaban J connectivity index is 1.93. The van der Waals surface area contributed by atoms with Crippen molar-refractivity contribution in [3.8, 4) is 12.0 Å². The summed E-state index contributed by atoms with van der Waals surface area (Å²) in [4.78, 5) is 29.1. The summed E-state index contributed by atoms with van der Waals surface area (Å²) in [6.45, 7) is 32.2. The largest absolute Gasteiger partial charge is 0.460 e. The van der Waals surface area contributed by atoms with Crippen LogP contribution in [0.5, 0.6) is 12.0 Å². The SMILES string of the molecule is C=CCON1C(C)(C)CC(Oc2nc(OC3CC(C)(C)N(OCC=C)C(C)(C)C3)nc(N(CCCC)CCCC)n2)CC1(C)C. The number of ether oxygens (including phenoxy) is 2. The van der Waals surface area contributed by atoms with Crippen molar-refractivity contribution in [2.45, 2.75) is 155 Å². The van der Waals surface area contributed by atoms with Crippen molar-refractivity contribution in [1.29, 1.82) is 0 Å². The van der Waals surface area contributed by atoms with Gasteiger partial charge < -0.3 is 14.4 Å². The highest BCUT2D eigenvalue weighted by atomic mass is 16.7. The Hall–Kier alpha value is -2.27. The van der Waals surface area contributed by atoms with Crippen LogP contribution in [0.4, 0.5) is 5.95 Å². The summed E-state index contributed by atoms with van der Waals surface area (Å²) < 4.78 is 13.3. The van der Waals surface area contributed by atoms with Crippen LogP contribution in [0.25, 0.3) is 0 Å². The molecule has 2 aliphatic rings. The van der Waals surface area contributed by atoms with E-state index in [1.807, 2.05) is 0 Å². The molecule has 0 aliphatic carbocycles. The number of rotatable bonds is 17. The van der Waals surface area contributed by atoms with Crippen LogP contribution in [0, 0.1) is 0 Å². The van der Waals surface area contributed by atoms with Crippen molar-refractivity contribution in [2.24, 2.45) is 0 Å². The fourth-order valence-electron chi connectivity index (χ4n) is 7.35. The van der Waals surface area contributed by atoms with E-state index in [4.69, 9.17) is 34.1 Å². The van der Waals surface area contributed by atoms with Crippen molar-refractivity contribution in [3.05, 3.63) is 25.3 Å². The first-order valence-corrected chi connectivity index (χ1v) is 17.0. The van der Waals surface area contributed by atoms with E-state index in [1.54, 1.807) is 12.2 Å². The van der Waals surface area contributed by atoms with Gasteiger partial charge in [-0.25, -0.2) is 0 Å². The fourth-order valence-corrected chi connectivity index (χ4v) is 7.35. The van der Waals surface area contributed by atoms with Gasteiger partial charge in [-0.3, -0.25) is 9.68 Å². The molecular formula is C35H62N6O4. The number of unbranched alkanes of at least 4 members (excludes halogenated alkanes) is 2. The molecule has 0 radical (unpaired) electrons. The third kappa shape index (κ3) is 9.86. The third-order valence-electron chi connectivity index (χ3n) is 8.72. The van der Waals surface area contributed by atoms with E-state index in [-0.39, 0.29) is 34.4 Å². The maximum Gasteiger partial charge on any atom is 0.324 e. The van der Waals surface area contributed by atoms with E-state index in [9.17, 15) is 0 Å². The number of piperidine rings is 2. The molecule has 0 aromatic carbocycles. The minimum Gasteiger partial charge on any atom is -0.460 e. The highest BCUT2D eigenvalue weighted by Crippen LogP contribution is 2.41. The van der Waals surface area contributed by atoms with E-state index in [2.05, 4.69) is 97.4 Å². The summed E-state index contributed by atoms with van der Waals surface area (Å²) in [6, 6.07) is 0.630. The van der Waals surface area contributed by atoms with Gasteiger partial charge in [-0.2, -0.15) is 20.1 Å². The van der Waals surface area contributed by atoms with Crippen molar-refractivity contribution in [3.63, 3.8) is 0 Å². The zero-order valence-electron chi connectivity index (χ0n) is 30.0. The highest BCUT2D eigenvalue weighted by molar-refractivity contribution is 5.32. The van der Waals surface area contributed by atoms with Crippen LogP contribution in [-0.2, 0) is 9.68 Å². The molecule has 0 bridgehead atoms. The topological polar surface area (TPSA) is 85.3 Å². The van der Waals surface area contributed by atoms with Crippen LogP contribution >= 0.6 is 0 Å². The Morgan fingerprint density at radius 3 is 1.33 bits per heavy atom. The summed E-state index contributed by atoms with van der Waals surface area (Å²) in [5, 5.41) is 4.20. The lowest BCUT2D eigenvalue weighted by molar-refractivity contribution is -0.285. The van der Waals surface area contributed by atoms with Crippen molar-refractivity contribution < 1.29 is 19.1 Å². The molecule has 0 N–H and O–H groups in total. The molecule has 0 amide bonds. The third-order valence-corrected chi connectivity index (χ3v) is 8.72. The van der Waals surface area contributed by atoms with Gasteiger partial charge in [0, 0.05) is 60.9 Å². The van der Waals surface area contributed by atoms with Gasteiger partial charge in [0.2, 0.25) is 5.95 Å². The summed E-state index contributed by atoms with van der Waals surface area (Å²) >= 11 is 0. The number of aromatic nitrogens is 3. The minimum absolute atomic E-state index is 0.107. The molecule has 2 aliphatic heterocycles. The fraction of sp³-hybridized carbons (Fsp3) is 0.800. The molecule has 256 valence electrons. The van der Waals surface area contributed by atoms with Crippen LogP contribution in [0.1, 0.15) is 121 Å². The first kappa shape index (κ1) is 37.2. The molecule has 0 saturated carbocycles. The van der Waals surface area contributed by atoms with Gasteiger partial charge in [0.1, 0.15) is 12.2 Å². The smallest absolute Gasteiger partial charge is 0.324 e. The molecule has 0 spiro atoms. The molecule has 45 heavy (non-hydrogen) atoms. The predicted molar refractivity (Wildman–Crippen MR) is 181 cm³/mol. The summed E-state index contributed by atoms with van der Waals surface area (Å²) in [6.07, 6.45) is 10.7. The normalized spacial score (nSPS) is 21.7. The molecule has 10 heteroatoms.